The monoisotopic (exact) mass is 154 g/mol. The first-order chi connectivity index (χ1) is 4.93. The van der Waals surface area contributed by atoms with Crippen LogP contribution in [0.4, 0.5) is 0 Å². The molecule has 0 bridgehead atoms. The zero-order valence-corrected chi connectivity index (χ0v) is 6.96. The van der Waals surface area contributed by atoms with Crippen LogP contribution in [0.5, 0.6) is 0 Å². The highest BCUT2D eigenvalue weighted by Crippen LogP contribution is 2.02. The zero-order valence-electron chi connectivity index (χ0n) is 5.96. The molecule has 0 amide bonds. The number of hydrogen-bond donors (Lipinski definition) is 1. The topological polar surface area (TPSA) is 24.9 Å². The molecule has 54 valence electrons. The van der Waals surface area contributed by atoms with Crippen molar-refractivity contribution in [1.82, 2.24) is 10.3 Å². The van der Waals surface area contributed by atoms with Crippen LogP contribution in [0.2, 0.25) is 0 Å². The number of aromatic nitrogens is 1. The minimum absolute atomic E-state index is 0.782. The van der Waals surface area contributed by atoms with Gasteiger partial charge in [-0.3, -0.25) is 4.98 Å². The van der Waals surface area contributed by atoms with Gasteiger partial charge in [0, 0.05) is 12.5 Å². The van der Waals surface area contributed by atoms with Gasteiger partial charge in [-0.25, -0.2) is 0 Å². The third kappa shape index (κ3) is 2.42. The first kappa shape index (κ1) is 7.64. The average molecular weight is 154 g/mol. The van der Waals surface area contributed by atoms with Crippen LogP contribution in [0.25, 0.3) is 0 Å². The fraction of sp³-hybridized carbons (Fsp3) is 0.286. The SMILES string of the molecule is CNCPc1ccccn1. The van der Waals surface area contributed by atoms with Gasteiger partial charge in [0.05, 0.1) is 5.44 Å². The van der Waals surface area contributed by atoms with E-state index in [-0.39, 0.29) is 0 Å². The molecule has 1 aromatic heterocycles. The maximum Gasteiger partial charge on any atom is 0.0612 e. The molecule has 0 saturated heterocycles. The van der Waals surface area contributed by atoms with E-state index in [9.17, 15) is 0 Å². The van der Waals surface area contributed by atoms with E-state index < -0.39 is 0 Å². The second kappa shape index (κ2) is 4.37. The second-order valence-electron chi connectivity index (χ2n) is 1.92. The lowest BCUT2D eigenvalue weighted by Gasteiger charge is -1.97. The Labute approximate surface area is 62.8 Å². The van der Waals surface area contributed by atoms with Crippen molar-refractivity contribution in [1.29, 1.82) is 0 Å². The van der Waals surface area contributed by atoms with Crippen LogP contribution >= 0.6 is 8.58 Å². The van der Waals surface area contributed by atoms with Crippen LogP contribution < -0.4 is 10.8 Å². The second-order valence-corrected chi connectivity index (χ2v) is 3.14. The van der Waals surface area contributed by atoms with E-state index in [1.165, 1.54) is 5.44 Å². The van der Waals surface area contributed by atoms with Crippen molar-refractivity contribution >= 4 is 14.0 Å². The van der Waals surface area contributed by atoms with Crippen LogP contribution in [-0.4, -0.2) is 18.3 Å². The smallest absolute Gasteiger partial charge is 0.0612 e. The Morgan fingerprint density at radius 1 is 1.60 bits per heavy atom. The van der Waals surface area contributed by atoms with Gasteiger partial charge in [-0.15, -0.1) is 0 Å². The fourth-order valence-corrected chi connectivity index (χ4v) is 1.38. The first-order valence-corrected chi connectivity index (χ1v) is 4.43. The van der Waals surface area contributed by atoms with E-state index >= 15 is 0 Å². The Bertz CT molecular complexity index is 176. The highest BCUT2D eigenvalue weighted by atomic mass is 31.1. The van der Waals surface area contributed by atoms with Gasteiger partial charge in [0.25, 0.3) is 0 Å². The summed E-state index contributed by atoms with van der Waals surface area (Å²) in [7, 11) is 2.74. The quantitative estimate of drug-likeness (QED) is 0.643. The van der Waals surface area contributed by atoms with Gasteiger partial charge >= 0.3 is 0 Å². The van der Waals surface area contributed by atoms with E-state index in [2.05, 4.69) is 16.4 Å². The Balaban J connectivity index is 2.43. The van der Waals surface area contributed by atoms with Crippen molar-refractivity contribution in [2.24, 2.45) is 0 Å². The van der Waals surface area contributed by atoms with Crippen molar-refractivity contribution in [3.63, 3.8) is 0 Å². The lowest BCUT2D eigenvalue weighted by atomic mass is 10.5. The normalized spacial score (nSPS) is 10.9. The molecular formula is C7H11N2P. The Morgan fingerprint density at radius 3 is 3.10 bits per heavy atom. The molecule has 1 atom stereocenters. The van der Waals surface area contributed by atoms with Crippen LogP contribution in [0.3, 0.4) is 0 Å². The molecule has 0 fully saturated rings. The molecule has 0 aliphatic carbocycles. The highest BCUT2D eigenvalue weighted by molar-refractivity contribution is 7.46. The summed E-state index contributed by atoms with van der Waals surface area (Å²) in [5, 5.41) is 3.09. The summed E-state index contributed by atoms with van der Waals surface area (Å²) >= 11 is 0. The number of hydrogen-bond acceptors (Lipinski definition) is 2. The summed E-state index contributed by atoms with van der Waals surface area (Å²) in [5.74, 6) is 0. The van der Waals surface area contributed by atoms with Gasteiger partial charge < -0.3 is 5.32 Å². The van der Waals surface area contributed by atoms with Crippen molar-refractivity contribution < 1.29 is 0 Å². The number of nitrogens with one attached hydrogen (secondary N) is 1. The summed E-state index contributed by atoms with van der Waals surface area (Å²) in [6.07, 6.45) is 2.86. The largest absolute Gasteiger partial charge is 0.316 e. The minimum atomic E-state index is 0.782. The molecule has 1 aromatic rings. The number of nitrogens with zero attached hydrogens (tertiary/aromatic N) is 1. The maximum absolute atomic E-state index is 4.19. The molecule has 0 radical (unpaired) electrons. The van der Waals surface area contributed by atoms with Crippen LogP contribution in [0.15, 0.2) is 24.4 Å². The molecule has 0 aliphatic rings. The summed E-state index contributed by atoms with van der Waals surface area (Å²) in [5.41, 5.74) is 1.18. The summed E-state index contributed by atoms with van der Waals surface area (Å²) in [4.78, 5) is 4.19. The number of pyridine rings is 1. The molecule has 0 saturated carbocycles. The predicted octanol–water partition coefficient (Wildman–Crippen LogP) is 0.562. The molecule has 1 unspecified atom stereocenters. The van der Waals surface area contributed by atoms with Gasteiger partial charge in [0.2, 0.25) is 0 Å². The van der Waals surface area contributed by atoms with Crippen molar-refractivity contribution in [2.75, 3.05) is 13.3 Å². The van der Waals surface area contributed by atoms with Gasteiger partial charge in [-0.1, -0.05) is 14.6 Å². The van der Waals surface area contributed by atoms with E-state index in [4.69, 9.17) is 0 Å². The maximum atomic E-state index is 4.19. The molecule has 0 spiro atoms. The number of rotatable bonds is 3. The van der Waals surface area contributed by atoms with E-state index in [1.54, 1.807) is 0 Å². The minimum Gasteiger partial charge on any atom is -0.316 e. The Kier molecular flexibility index (Phi) is 3.34. The molecular weight excluding hydrogens is 143 g/mol. The van der Waals surface area contributed by atoms with Gasteiger partial charge in [0.15, 0.2) is 0 Å². The molecule has 2 nitrogen and oxygen atoms in total. The molecule has 3 heteroatoms. The third-order valence-electron chi connectivity index (χ3n) is 1.11. The van der Waals surface area contributed by atoms with Gasteiger partial charge in [-0.05, 0) is 19.2 Å². The summed E-state index contributed by atoms with van der Waals surface area (Å²) in [6, 6.07) is 6.01. The standard InChI is InChI=1S/C7H11N2P/c1-8-6-10-7-4-2-3-5-9-7/h2-5,8,10H,6H2,1H3. The van der Waals surface area contributed by atoms with E-state index in [0.29, 0.717) is 0 Å². The van der Waals surface area contributed by atoms with Crippen molar-refractivity contribution in [3.05, 3.63) is 24.4 Å². The fourth-order valence-electron chi connectivity index (χ4n) is 0.646. The molecule has 10 heavy (non-hydrogen) atoms. The molecule has 1 N–H and O–H groups in total. The molecule has 1 heterocycles. The summed E-state index contributed by atoms with van der Waals surface area (Å²) in [6.45, 7) is 0. The van der Waals surface area contributed by atoms with Crippen molar-refractivity contribution in [3.8, 4) is 0 Å². The molecule has 0 aliphatic heterocycles. The molecule has 0 aromatic carbocycles. The third-order valence-corrected chi connectivity index (χ3v) is 2.30. The zero-order chi connectivity index (χ0) is 7.23. The molecule has 1 rings (SSSR count). The Morgan fingerprint density at radius 2 is 2.50 bits per heavy atom. The van der Waals surface area contributed by atoms with Gasteiger partial charge in [-0.2, -0.15) is 0 Å². The van der Waals surface area contributed by atoms with Crippen LogP contribution in [-0.2, 0) is 0 Å². The highest BCUT2D eigenvalue weighted by Gasteiger charge is 1.88. The Hall–Kier alpha value is -0.460. The van der Waals surface area contributed by atoms with Gasteiger partial charge in [0.1, 0.15) is 0 Å². The average Bonchev–Trinajstić information content (AvgIpc) is 2.03. The predicted molar refractivity (Wildman–Crippen MR) is 46.1 cm³/mol. The first-order valence-electron chi connectivity index (χ1n) is 3.23. The lowest BCUT2D eigenvalue weighted by Crippen LogP contribution is -2.08. The van der Waals surface area contributed by atoms with Crippen molar-refractivity contribution in [2.45, 2.75) is 0 Å². The lowest BCUT2D eigenvalue weighted by molar-refractivity contribution is 0.980. The summed E-state index contributed by atoms with van der Waals surface area (Å²) < 4.78 is 0. The van der Waals surface area contributed by atoms with Crippen LogP contribution in [0, 0.1) is 0 Å². The van der Waals surface area contributed by atoms with Crippen LogP contribution in [0.1, 0.15) is 0 Å². The van der Waals surface area contributed by atoms with E-state index in [1.807, 2.05) is 25.4 Å². The van der Waals surface area contributed by atoms with E-state index in [0.717, 1.165) is 14.9 Å².